The molecule has 0 N–H and O–H groups in total. The molecule has 5 rings (SSSR count). The Bertz CT molecular complexity index is 1770. The van der Waals surface area contributed by atoms with Crippen LogP contribution in [0.5, 0.6) is 11.6 Å². The van der Waals surface area contributed by atoms with E-state index in [-0.39, 0.29) is 36.2 Å². The van der Waals surface area contributed by atoms with Gasteiger partial charge in [-0.05, 0) is 69.7 Å². The van der Waals surface area contributed by atoms with Crippen molar-refractivity contribution in [1.29, 1.82) is 0 Å². The lowest BCUT2D eigenvalue weighted by Crippen LogP contribution is -2.44. The van der Waals surface area contributed by atoms with Crippen LogP contribution in [0, 0.1) is 12.7 Å². The van der Waals surface area contributed by atoms with Crippen molar-refractivity contribution in [2.24, 2.45) is 0 Å². The van der Waals surface area contributed by atoms with Crippen LogP contribution in [-0.2, 0) is 4.74 Å². The summed E-state index contributed by atoms with van der Waals surface area (Å²) in [6.07, 6.45) is -0.0637. The fourth-order valence-electron chi connectivity index (χ4n) is 5.36. The number of nitrogens with zero attached hydrogens (tertiary/aromatic N) is 4. The molecule has 2 amide bonds. The Labute approximate surface area is 271 Å². The number of rotatable bonds is 7. The Balaban J connectivity index is 1.64. The molecule has 1 aliphatic rings. The van der Waals surface area contributed by atoms with Gasteiger partial charge in [-0.3, -0.25) is 9.20 Å². The number of carbonyl (C=O) groups is 2. The Hall–Kier alpha value is -4.02. The largest absolute Gasteiger partial charge is 0.492 e. The van der Waals surface area contributed by atoms with Crippen molar-refractivity contribution in [3.05, 3.63) is 81.2 Å². The number of ether oxygens (including phenoxy) is 3. The van der Waals surface area contributed by atoms with E-state index in [1.807, 2.05) is 0 Å². The summed E-state index contributed by atoms with van der Waals surface area (Å²) in [7, 11) is 3.15. The molecular weight excluding hydrogens is 622 g/mol. The zero-order chi connectivity index (χ0) is 32.6. The van der Waals surface area contributed by atoms with Gasteiger partial charge in [-0.1, -0.05) is 35.3 Å². The second-order valence-corrected chi connectivity index (χ2v) is 12.7. The van der Waals surface area contributed by atoms with Gasteiger partial charge in [0.15, 0.2) is 11.6 Å². The third kappa shape index (κ3) is 6.53. The predicted octanol–water partition coefficient (Wildman–Crippen LogP) is 7.60. The van der Waals surface area contributed by atoms with Gasteiger partial charge in [-0.25, -0.2) is 14.2 Å². The first-order valence-electron chi connectivity index (χ1n) is 14.5. The number of methoxy groups -OCH3 is 1. The highest BCUT2D eigenvalue weighted by Crippen LogP contribution is 2.44. The number of aromatic nitrogens is 2. The molecule has 0 aliphatic carbocycles. The molecule has 0 fully saturated rings. The average Bonchev–Trinajstić information content (AvgIpc) is 3.39. The SMILES string of the molecule is COc1cccc2nc(C(=O)N(CCN(C)C(=O)OC(C)(C)C)C3CCOc4c3ccc(Cl)c4Cl)c(-c3ccc(F)c(C)c3)n12. The minimum atomic E-state index is -0.686. The van der Waals surface area contributed by atoms with E-state index in [1.54, 1.807) is 86.5 Å². The number of halogens is 3. The minimum Gasteiger partial charge on any atom is -0.492 e. The first kappa shape index (κ1) is 32.4. The summed E-state index contributed by atoms with van der Waals surface area (Å²) in [6, 6.07) is 12.9. The van der Waals surface area contributed by atoms with E-state index in [2.05, 4.69) is 0 Å². The number of carbonyl (C=O) groups excluding carboxylic acids is 2. The molecule has 0 bridgehead atoms. The Morgan fingerprint density at radius 1 is 1.13 bits per heavy atom. The summed E-state index contributed by atoms with van der Waals surface area (Å²) >= 11 is 12.8. The van der Waals surface area contributed by atoms with Gasteiger partial charge in [0.2, 0.25) is 0 Å². The number of fused-ring (bicyclic) bond motifs is 2. The molecule has 0 radical (unpaired) electrons. The van der Waals surface area contributed by atoms with Crippen LogP contribution in [0.4, 0.5) is 9.18 Å². The third-order valence-electron chi connectivity index (χ3n) is 7.55. The monoisotopic (exact) mass is 656 g/mol. The van der Waals surface area contributed by atoms with Crippen LogP contribution in [0.3, 0.4) is 0 Å². The van der Waals surface area contributed by atoms with Crippen LogP contribution in [0.1, 0.15) is 54.8 Å². The Morgan fingerprint density at radius 2 is 1.89 bits per heavy atom. The van der Waals surface area contributed by atoms with Crippen molar-refractivity contribution in [2.75, 3.05) is 33.9 Å². The second kappa shape index (κ2) is 12.8. The number of benzene rings is 2. The Morgan fingerprint density at radius 3 is 2.58 bits per heavy atom. The lowest BCUT2D eigenvalue weighted by atomic mass is 9.97. The number of pyridine rings is 1. The normalized spacial score (nSPS) is 14.5. The topological polar surface area (TPSA) is 85.6 Å². The molecule has 3 heterocycles. The molecule has 2 aromatic carbocycles. The zero-order valence-electron chi connectivity index (χ0n) is 26.0. The highest BCUT2D eigenvalue weighted by molar-refractivity contribution is 6.43. The van der Waals surface area contributed by atoms with Crippen molar-refractivity contribution in [1.82, 2.24) is 19.2 Å². The summed E-state index contributed by atoms with van der Waals surface area (Å²) in [5.74, 6) is 0.0858. The van der Waals surface area contributed by atoms with Crippen molar-refractivity contribution < 1.29 is 28.2 Å². The van der Waals surface area contributed by atoms with E-state index in [4.69, 9.17) is 42.4 Å². The summed E-state index contributed by atoms with van der Waals surface area (Å²) < 4.78 is 33.2. The van der Waals surface area contributed by atoms with E-state index in [0.717, 1.165) is 0 Å². The fourth-order valence-corrected chi connectivity index (χ4v) is 5.74. The molecule has 0 saturated carbocycles. The molecule has 238 valence electrons. The maximum atomic E-state index is 14.8. The van der Waals surface area contributed by atoms with E-state index in [0.29, 0.717) is 51.1 Å². The van der Waals surface area contributed by atoms with Crippen molar-refractivity contribution in [2.45, 2.75) is 45.8 Å². The molecule has 0 spiro atoms. The molecule has 9 nitrogen and oxygen atoms in total. The molecule has 45 heavy (non-hydrogen) atoms. The molecular formula is C33H35Cl2FN4O5. The van der Waals surface area contributed by atoms with Crippen molar-refractivity contribution in [3.8, 4) is 22.9 Å². The number of aryl methyl sites for hydroxylation is 1. The van der Waals surface area contributed by atoms with E-state index < -0.39 is 23.6 Å². The molecule has 1 atom stereocenters. The van der Waals surface area contributed by atoms with E-state index in [9.17, 15) is 14.0 Å². The predicted molar refractivity (Wildman–Crippen MR) is 171 cm³/mol. The van der Waals surface area contributed by atoms with Gasteiger partial charge in [0.05, 0.1) is 30.5 Å². The standard InChI is InChI=1S/C33H35Cl2FN4O5/c1-19-18-20(10-13-23(19)36)29-28(37-25-8-7-9-26(43-6)40(25)29)31(41)39(16-15-38(5)32(42)45-33(2,3)4)24-14-17-44-30-21(24)11-12-22(34)27(30)35/h7-13,18,24H,14-17H2,1-6H3. The molecule has 2 aromatic heterocycles. The number of likely N-dealkylation sites (N-methyl/N-ethyl adjacent to an activating group) is 1. The first-order valence-corrected chi connectivity index (χ1v) is 15.2. The van der Waals surface area contributed by atoms with Crippen LogP contribution in [-0.4, -0.2) is 70.6 Å². The van der Waals surface area contributed by atoms with Crippen LogP contribution < -0.4 is 9.47 Å². The summed E-state index contributed by atoms with van der Waals surface area (Å²) in [5.41, 5.74) is 2.06. The first-order chi connectivity index (χ1) is 21.3. The van der Waals surface area contributed by atoms with Crippen LogP contribution in [0.15, 0.2) is 48.5 Å². The van der Waals surface area contributed by atoms with Crippen LogP contribution >= 0.6 is 23.2 Å². The smallest absolute Gasteiger partial charge is 0.410 e. The van der Waals surface area contributed by atoms with Gasteiger partial charge in [0.1, 0.15) is 27.8 Å². The van der Waals surface area contributed by atoms with Crippen molar-refractivity contribution in [3.63, 3.8) is 0 Å². The number of hydrogen-bond donors (Lipinski definition) is 0. The fraction of sp³-hybridized carbons (Fsp3) is 0.364. The molecule has 12 heteroatoms. The molecule has 1 unspecified atom stereocenters. The van der Waals surface area contributed by atoms with Gasteiger partial charge in [0, 0.05) is 37.7 Å². The summed E-state index contributed by atoms with van der Waals surface area (Å²) in [6.45, 7) is 7.61. The highest BCUT2D eigenvalue weighted by Gasteiger charge is 2.36. The van der Waals surface area contributed by atoms with Crippen LogP contribution in [0.2, 0.25) is 10.0 Å². The van der Waals surface area contributed by atoms with Gasteiger partial charge < -0.3 is 24.0 Å². The lowest BCUT2D eigenvalue weighted by Gasteiger charge is -2.37. The second-order valence-electron chi connectivity index (χ2n) is 11.9. The maximum absolute atomic E-state index is 14.8. The zero-order valence-corrected chi connectivity index (χ0v) is 27.5. The molecule has 1 aliphatic heterocycles. The lowest BCUT2D eigenvalue weighted by molar-refractivity contribution is 0.0257. The van der Waals surface area contributed by atoms with Crippen LogP contribution in [0.25, 0.3) is 16.9 Å². The van der Waals surface area contributed by atoms with Gasteiger partial charge >= 0.3 is 6.09 Å². The molecule has 4 aromatic rings. The highest BCUT2D eigenvalue weighted by atomic mass is 35.5. The maximum Gasteiger partial charge on any atom is 0.410 e. The minimum absolute atomic E-state index is 0.131. The molecule has 0 saturated heterocycles. The van der Waals surface area contributed by atoms with Gasteiger partial charge in [0.25, 0.3) is 5.91 Å². The summed E-state index contributed by atoms with van der Waals surface area (Å²) in [4.78, 5) is 35.5. The van der Waals surface area contributed by atoms with Crippen molar-refractivity contribution >= 4 is 40.8 Å². The quantitative estimate of drug-likeness (QED) is 0.204. The van der Waals surface area contributed by atoms with E-state index >= 15 is 0 Å². The number of hydrogen-bond acceptors (Lipinski definition) is 6. The van der Waals surface area contributed by atoms with Gasteiger partial charge in [-0.15, -0.1) is 0 Å². The van der Waals surface area contributed by atoms with E-state index in [1.165, 1.54) is 18.1 Å². The number of imidazole rings is 1. The van der Waals surface area contributed by atoms with Gasteiger partial charge in [-0.2, -0.15) is 0 Å². The Kier molecular flexibility index (Phi) is 9.19. The summed E-state index contributed by atoms with van der Waals surface area (Å²) in [5, 5.41) is 0.595. The third-order valence-corrected chi connectivity index (χ3v) is 8.33. The number of amides is 2. The average molecular weight is 658 g/mol.